The third-order valence-electron chi connectivity index (χ3n) is 4.02. The maximum Gasteiger partial charge on any atom is 0.269 e. The lowest BCUT2D eigenvalue weighted by Gasteiger charge is -2.16. The molecule has 2 aromatic carbocycles. The fourth-order valence-electron chi connectivity index (χ4n) is 2.75. The van der Waals surface area contributed by atoms with E-state index >= 15 is 0 Å². The summed E-state index contributed by atoms with van der Waals surface area (Å²) in [6.45, 7) is 0.495. The van der Waals surface area contributed by atoms with Crippen LogP contribution in [0.1, 0.15) is 5.56 Å². The molecule has 25 heavy (non-hydrogen) atoms. The molecule has 126 valence electrons. The molecule has 3 nitrogen and oxygen atoms in total. The van der Waals surface area contributed by atoms with E-state index in [4.69, 9.17) is 23.8 Å². The Kier molecular flexibility index (Phi) is 4.54. The van der Waals surface area contributed by atoms with Crippen molar-refractivity contribution >= 4 is 63.3 Å². The highest BCUT2D eigenvalue weighted by atomic mass is 35.5. The van der Waals surface area contributed by atoms with Crippen LogP contribution in [0.5, 0.6) is 0 Å². The molecule has 0 bridgehead atoms. The summed E-state index contributed by atoms with van der Waals surface area (Å²) in [7, 11) is 1.95. The minimum Gasteiger partial charge on any atom is -0.337 e. The number of amides is 1. The minimum absolute atomic E-state index is 0.0351. The molecule has 2 aliphatic heterocycles. The predicted octanol–water partition coefficient (Wildman–Crippen LogP) is 5.11. The Morgan fingerprint density at radius 2 is 1.88 bits per heavy atom. The van der Waals surface area contributed by atoms with Gasteiger partial charge in [0.15, 0.2) is 0 Å². The van der Waals surface area contributed by atoms with Crippen molar-refractivity contribution in [1.29, 1.82) is 0 Å². The summed E-state index contributed by atoms with van der Waals surface area (Å²) in [4.78, 5) is 18.4. The van der Waals surface area contributed by atoms with Crippen LogP contribution in [-0.2, 0) is 11.3 Å². The normalized spacial score (nSPS) is 19.8. The molecule has 0 aliphatic carbocycles. The SMILES string of the molecule is CN1C(=C2SC(=S)N(Cc3ccccc3)C2=O)Sc2ccc(Cl)cc21. The number of hydrogen-bond acceptors (Lipinski definition) is 5. The molecule has 2 aromatic rings. The summed E-state index contributed by atoms with van der Waals surface area (Å²) in [5.74, 6) is -0.0351. The van der Waals surface area contributed by atoms with Gasteiger partial charge in [0.2, 0.25) is 0 Å². The van der Waals surface area contributed by atoms with Crippen LogP contribution in [0.25, 0.3) is 0 Å². The Morgan fingerprint density at radius 1 is 1.12 bits per heavy atom. The minimum atomic E-state index is -0.0351. The Balaban J connectivity index is 1.65. The Bertz CT molecular complexity index is 914. The van der Waals surface area contributed by atoms with Crippen molar-refractivity contribution in [2.75, 3.05) is 11.9 Å². The molecule has 0 spiro atoms. The molecule has 0 atom stereocenters. The number of carbonyl (C=O) groups is 1. The quantitative estimate of drug-likeness (QED) is 0.511. The van der Waals surface area contributed by atoms with Crippen molar-refractivity contribution < 1.29 is 4.79 Å². The van der Waals surface area contributed by atoms with Crippen LogP contribution in [0.4, 0.5) is 5.69 Å². The van der Waals surface area contributed by atoms with E-state index in [2.05, 4.69) is 0 Å². The van der Waals surface area contributed by atoms with Crippen LogP contribution in [-0.4, -0.2) is 22.2 Å². The number of anilines is 1. The number of rotatable bonds is 2. The van der Waals surface area contributed by atoms with Gasteiger partial charge in [-0.3, -0.25) is 9.69 Å². The van der Waals surface area contributed by atoms with E-state index in [9.17, 15) is 4.79 Å². The zero-order chi connectivity index (χ0) is 17.6. The van der Waals surface area contributed by atoms with Gasteiger partial charge in [-0.25, -0.2) is 0 Å². The first kappa shape index (κ1) is 17.0. The van der Waals surface area contributed by atoms with E-state index in [1.807, 2.05) is 60.5 Å². The number of hydrogen-bond donors (Lipinski definition) is 0. The molecule has 7 heteroatoms. The molecule has 0 radical (unpaired) electrons. The van der Waals surface area contributed by atoms with Crippen molar-refractivity contribution in [2.24, 2.45) is 0 Å². The van der Waals surface area contributed by atoms with Crippen LogP contribution < -0.4 is 4.90 Å². The van der Waals surface area contributed by atoms with Crippen LogP contribution >= 0.6 is 47.3 Å². The number of nitrogens with zero attached hydrogens (tertiary/aromatic N) is 2. The van der Waals surface area contributed by atoms with E-state index < -0.39 is 0 Å². The van der Waals surface area contributed by atoms with Gasteiger partial charge in [0, 0.05) is 17.0 Å². The van der Waals surface area contributed by atoms with Gasteiger partial charge in [0.25, 0.3) is 5.91 Å². The summed E-state index contributed by atoms with van der Waals surface area (Å²) in [5, 5.41) is 1.59. The second kappa shape index (κ2) is 6.68. The Hall–Kier alpha value is -1.47. The molecule has 0 aromatic heterocycles. The zero-order valence-electron chi connectivity index (χ0n) is 13.2. The lowest BCUT2D eigenvalue weighted by atomic mass is 10.2. The van der Waals surface area contributed by atoms with Gasteiger partial charge in [-0.15, -0.1) is 0 Å². The second-order valence-corrected chi connectivity index (χ2v) is 8.76. The highest BCUT2D eigenvalue weighted by Gasteiger charge is 2.38. The zero-order valence-corrected chi connectivity index (χ0v) is 16.4. The van der Waals surface area contributed by atoms with Crippen LogP contribution in [0, 0.1) is 0 Å². The Labute approximate surface area is 165 Å². The molecule has 2 heterocycles. The fourth-order valence-corrected chi connectivity index (χ4v) is 5.48. The largest absolute Gasteiger partial charge is 0.337 e. The average molecular weight is 405 g/mol. The topological polar surface area (TPSA) is 23.6 Å². The summed E-state index contributed by atoms with van der Waals surface area (Å²) in [6, 6.07) is 15.7. The first-order chi connectivity index (χ1) is 12.0. The molecule has 0 unspecified atom stereocenters. The third-order valence-corrected chi connectivity index (χ3v) is 7.06. The van der Waals surface area contributed by atoms with Gasteiger partial charge in [-0.1, -0.05) is 77.7 Å². The second-order valence-electron chi connectivity index (χ2n) is 5.65. The third kappa shape index (κ3) is 3.08. The highest BCUT2D eigenvalue weighted by molar-refractivity contribution is 8.27. The van der Waals surface area contributed by atoms with Crippen molar-refractivity contribution in [3.8, 4) is 0 Å². The standard InChI is InChI=1S/C18H13ClN2OS3/c1-20-13-9-12(19)7-8-14(13)24-17(20)15-16(22)21(18(23)25-15)10-11-5-3-2-4-6-11/h2-9H,10H2,1H3. The first-order valence-corrected chi connectivity index (χ1v) is 9.99. The van der Waals surface area contributed by atoms with Gasteiger partial charge in [0.1, 0.15) is 9.23 Å². The van der Waals surface area contributed by atoms with Gasteiger partial charge < -0.3 is 4.90 Å². The van der Waals surface area contributed by atoms with Gasteiger partial charge >= 0.3 is 0 Å². The van der Waals surface area contributed by atoms with Crippen molar-refractivity contribution in [3.63, 3.8) is 0 Å². The summed E-state index contributed by atoms with van der Waals surface area (Å²) in [5.41, 5.74) is 2.08. The Morgan fingerprint density at radius 3 is 2.64 bits per heavy atom. The number of thioether (sulfide) groups is 2. The van der Waals surface area contributed by atoms with Crippen molar-refractivity contribution in [1.82, 2.24) is 4.90 Å². The maximum atomic E-state index is 13.0. The lowest BCUT2D eigenvalue weighted by molar-refractivity contribution is -0.122. The number of benzene rings is 2. The van der Waals surface area contributed by atoms with E-state index in [1.54, 1.807) is 16.7 Å². The molecule has 4 rings (SSSR count). The fraction of sp³-hybridized carbons (Fsp3) is 0.111. The summed E-state index contributed by atoms with van der Waals surface area (Å²) < 4.78 is 0.597. The van der Waals surface area contributed by atoms with E-state index in [-0.39, 0.29) is 5.91 Å². The molecular weight excluding hydrogens is 392 g/mol. The van der Waals surface area contributed by atoms with Gasteiger partial charge in [-0.2, -0.15) is 0 Å². The van der Waals surface area contributed by atoms with Crippen LogP contribution in [0.2, 0.25) is 5.02 Å². The lowest BCUT2D eigenvalue weighted by Crippen LogP contribution is -2.28. The molecule has 2 aliphatic rings. The van der Waals surface area contributed by atoms with E-state index in [0.717, 1.165) is 21.2 Å². The van der Waals surface area contributed by atoms with Crippen molar-refractivity contribution in [2.45, 2.75) is 11.4 Å². The van der Waals surface area contributed by atoms with E-state index in [0.29, 0.717) is 20.8 Å². The molecule has 1 fully saturated rings. The number of halogens is 1. The summed E-state index contributed by atoms with van der Waals surface area (Å²) >= 11 is 14.5. The molecule has 1 amide bonds. The van der Waals surface area contributed by atoms with Crippen LogP contribution in [0.3, 0.4) is 0 Å². The smallest absolute Gasteiger partial charge is 0.269 e. The molecule has 0 N–H and O–H groups in total. The van der Waals surface area contributed by atoms with E-state index in [1.165, 1.54) is 11.8 Å². The highest BCUT2D eigenvalue weighted by Crippen LogP contribution is 2.50. The monoisotopic (exact) mass is 404 g/mol. The van der Waals surface area contributed by atoms with Crippen LogP contribution in [0.15, 0.2) is 63.4 Å². The number of carbonyl (C=O) groups excluding carboxylic acids is 1. The van der Waals surface area contributed by atoms with Crippen molar-refractivity contribution in [3.05, 3.63) is 69.1 Å². The molecular formula is C18H13ClN2OS3. The van der Waals surface area contributed by atoms with Gasteiger partial charge in [0.05, 0.1) is 17.3 Å². The molecule has 1 saturated heterocycles. The van der Waals surface area contributed by atoms with Gasteiger partial charge in [-0.05, 0) is 23.8 Å². The number of fused-ring (bicyclic) bond motifs is 1. The maximum absolute atomic E-state index is 13.0. The number of thiocarbonyl (C=S) groups is 1. The summed E-state index contributed by atoms with van der Waals surface area (Å²) in [6.07, 6.45) is 0. The first-order valence-electron chi connectivity index (χ1n) is 7.57. The average Bonchev–Trinajstić information content (AvgIpc) is 3.07. The molecule has 0 saturated carbocycles. The predicted molar refractivity (Wildman–Crippen MR) is 110 cm³/mol.